The molecule has 0 bridgehead atoms. The lowest BCUT2D eigenvalue weighted by Crippen LogP contribution is -2.36. The first-order valence-electron chi connectivity index (χ1n) is 7.09. The van der Waals surface area contributed by atoms with Gasteiger partial charge in [-0.2, -0.15) is 5.10 Å². The minimum atomic E-state index is -0.356. The highest BCUT2D eigenvalue weighted by molar-refractivity contribution is 5.91. The van der Waals surface area contributed by atoms with E-state index in [0.29, 0.717) is 13.0 Å². The van der Waals surface area contributed by atoms with Crippen molar-refractivity contribution in [2.45, 2.75) is 24.7 Å². The van der Waals surface area contributed by atoms with Crippen LogP contribution in [-0.4, -0.2) is 27.2 Å². The number of amides is 1. The Labute approximate surface area is 123 Å². The van der Waals surface area contributed by atoms with E-state index in [9.17, 15) is 4.79 Å². The molecule has 0 unspecified atom stereocenters. The van der Waals surface area contributed by atoms with Crippen LogP contribution in [0.3, 0.4) is 0 Å². The molecule has 0 radical (unpaired) electrons. The van der Waals surface area contributed by atoms with Crippen molar-refractivity contribution in [1.29, 1.82) is 0 Å². The van der Waals surface area contributed by atoms with Crippen molar-refractivity contribution in [3.05, 3.63) is 42.0 Å². The number of carbonyl (C=O) groups excluding carboxylic acids is 1. The van der Waals surface area contributed by atoms with Crippen molar-refractivity contribution >= 4 is 11.6 Å². The first-order valence-corrected chi connectivity index (χ1v) is 7.09. The molecule has 1 aliphatic rings. The van der Waals surface area contributed by atoms with Crippen LogP contribution in [0.5, 0.6) is 0 Å². The van der Waals surface area contributed by atoms with Gasteiger partial charge >= 0.3 is 0 Å². The number of nitrogens with one attached hydrogen (secondary N) is 1. The summed E-state index contributed by atoms with van der Waals surface area (Å²) in [7, 11) is 1.83. The number of nitrogens with two attached hydrogens (primary N) is 1. The minimum Gasteiger partial charge on any atom is -0.399 e. The Morgan fingerprint density at radius 3 is 2.67 bits per heavy atom. The van der Waals surface area contributed by atoms with Gasteiger partial charge in [0.1, 0.15) is 6.33 Å². The van der Waals surface area contributed by atoms with Crippen molar-refractivity contribution in [3.63, 3.8) is 0 Å². The molecule has 1 heterocycles. The summed E-state index contributed by atoms with van der Waals surface area (Å²) in [6.45, 7) is 0.555. The fraction of sp³-hybridized carbons (Fsp3) is 0.400. The zero-order valence-corrected chi connectivity index (χ0v) is 12.0. The van der Waals surface area contributed by atoms with E-state index < -0.39 is 0 Å². The maximum absolute atomic E-state index is 12.4. The molecular weight excluding hydrogens is 266 g/mol. The molecular formula is C15H19N5O. The van der Waals surface area contributed by atoms with E-state index in [-0.39, 0.29) is 11.3 Å². The van der Waals surface area contributed by atoms with Gasteiger partial charge in [-0.25, -0.2) is 4.98 Å². The van der Waals surface area contributed by atoms with Gasteiger partial charge in [-0.3, -0.25) is 9.48 Å². The first kappa shape index (κ1) is 13.6. The summed E-state index contributed by atoms with van der Waals surface area (Å²) in [6, 6.07) is 7.59. The number of aromatic nitrogens is 3. The van der Waals surface area contributed by atoms with Gasteiger partial charge in [0.15, 0.2) is 5.82 Å². The third-order valence-corrected chi connectivity index (χ3v) is 3.93. The Morgan fingerprint density at radius 2 is 2.10 bits per heavy atom. The highest BCUT2D eigenvalue weighted by Gasteiger charge is 2.50. The first-order chi connectivity index (χ1) is 10.1. The number of benzene rings is 1. The van der Waals surface area contributed by atoms with Crippen molar-refractivity contribution in [1.82, 2.24) is 20.1 Å². The van der Waals surface area contributed by atoms with Crippen LogP contribution in [0.4, 0.5) is 5.69 Å². The third-order valence-electron chi connectivity index (χ3n) is 3.93. The van der Waals surface area contributed by atoms with Crippen molar-refractivity contribution < 1.29 is 4.79 Å². The third kappa shape index (κ3) is 2.74. The van der Waals surface area contributed by atoms with Crippen molar-refractivity contribution in [3.8, 4) is 0 Å². The van der Waals surface area contributed by atoms with Gasteiger partial charge in [-0.1, -0.05) is 12.1 Å². The second kappa shape index (κ2) is 5.20. The molecule has 6 nitrogen and oxygen atoms in total. The Morgan fingerprint density at radius 1 is 1.38 bits per heavy atom. The molecule has 3 rings (SSSR count). The fourth-order valence-corrected chi connectivity index (χ4v) is 2.53. The second-order valence-electron chi connectivity index (χ2n) is 5.54. The maximum atomic E-state index is 12.4. The summed E-state index contributed by atoms with van der Waals surface area (Å²) in [4.78, 5) is 16.6. The summed E-state index contributed by atoms with van der Waals surface area (Å²) < 4.78 is 1.66. The highest BCUT2D eigenvalue weighted by atomic mass is 16.2. The smallest absolute Gasteiger partial charge is 0.230 e. The quantitative estimate of drug-likeness (QED) is 0.795. The lowest BCUT2D eigenvalue weighted by Gasteiger charge is -2.15. The van der Waals surface area contributed by atoms with Gasteiger partial charge < -0.3 is 11.1 Å². The minimum absolute atomic E-state index is 0.0863. The normalized spacial score (nSPS) is 15.7. The zero-order valence-electron chi connectivity index (χ0n) is 12.0. The average Bonchev–Trinajstić information content (AvgIpc) is 3.18. The lowest BCUT2D eigenvalue weighted by molar-refractivity contribution is -0.123. The number of carbonyl (C=O) groups is 1. The van der Waals surface area contributed by atoms with Crippen LogP contribution in [0.25, 0.3) is 0 Å². The molecule has 1 aromatic carbocycles. The molecule has 0 atom stereocenters. The SMILES string of the molecule is Cn1cnc(CCNC(=O)C2(c3ccc(N)cc3)CC2)n1. The second-order valence-corrected chi connectivity index (χ2v) is 5.54. The monoisotopic (exact) mass is 285 g/mol. The number of nitrogens with zero attached hydrogens (tertiary/aromatic N) is 3. The Kier molecular flexibility index (Phi) is 3.37. The topological polar surface area (TPSA) is 85.8 Å². The Bertz CT molecular complexity index is 642. The van der Waals surface area contributed by atoms with Crippen LogP contribution < -0.4 is 11.1 Å². The number of nitrogen functional groups attached to an aromatic ring is 1. The number of anilines is 1. The lowest BCUT2D eigenvalue weighted by atomic mass is 9.95. The predicted molar refractivity (Wildman–Crippen MR) is 79.5 cm³/mol. The molecule has 1 fully saturated rings. The molecule has 3 N–H and O–H groups in total. The van der Waals surface area contributed by atoms with Crippen LogP contribution >= 0.6 is 0 Å². The van der Waals surface area contributed by atoms with E-state index in [4.69, 9.17) is 5.73 Å². The van der Waals surface area contributed by atoms with Crippen LogP contribution in [0, 0.1) is 0 Å². The summed E-state index contributed by atoms with van der Waals surface area (Å²) in [5.74, 6) is 0.832. The van der Waals surface area contributed by atoms with Gasteiger partial charge in [-0.15, -0.1) is 0 Å². The predicted octanol–water partition coefficient (Wildman–Crippen LogP) is 0.788. The Balaban J connectivity index is 1.59. The highest BCUT2D eigenvalue weighted by Crippen LogP contribution is 2.48. The standard InChI is InChI=1S/C15H19N5O/c1-20-10-18-13(19-20)6-9-17-14(21)15(7-8-15)11-2-4-12(16)5-3-11/h2-5,10H,6-9,16H2,1H3,(H,17,21). The zero-order chi connectivity index (χ0) is 14.9. The van der Waals surface area contributed by atoms with Crippen molar-refractivity contribution in [2.24, 2.45) is 7.05 Å². The fourth-order valence-electron chi connectivity index (χ4n) is 2.53. The van der Waals surface area contributed by atoms with Crippen LogP contribution in [0.2, 0.25) is 0 Å². The van der Waals surface area contributed by atoms with Gasteiger partial charge in [0.2, 0.25) is 5.91 Å². The number of hydrogen-bond donors (Lipinski definition) is 2. The molecule has 110 valence electrons. The molecule has 0 saturated heterocycles. The van der Waals surface area contributed by atoms with E-state index in [0.717, 1.165) is 29.9 Å². The number of aryl methyl sites for hydroxylation is 1. The van der Waals surface area contributed by atoms with Crippen LogP contribution in [0.15, 0.2) is 30.6 Å². The largest absolute Gasteiger partial charge is 0.399 e. The molecule has 1 saturated carbocycles. The van der Waals surface area contributed by atoms with Crippen LogP contribution in [0.1, 0.15) is 24.2 Å². The van der Waals surface area contributed by atoms with E-state index in [1.54, 1.807) is 11.0 Å². The van der Waals surface area contributed by atoms with Gasteiger partial charge in [0.05, 0.1) is 5.41 Å². The van der Waals surface area contributed by atoms with Gasteiger partial charge in [0, 0.05) is 25.7 Å². The summed E-state index contributed by atoms with van der Waals surface area (Å²) in [5.41, 5.74) is 7.11. The molecule has 2 aromatic rings. The molecule has 21 heavy (non-hydrogen) atoms. The molecule has 6 heteroatoms. The molecule has 1 aliphatic carbocycles. The summed E-state index contributed by atoms with van der Waals surface area (Å²) in [5, 5.41) is 7.19. The molecule has 0 spiro atoms. The van der Waals surface area contributed by atoms with E-state index >= 15 is 0 Å². The van der Waals surface area contributed by atoms with Gasteiger partial charge in [-0.05, 0) is 30.5 Å². The van der Waals surface area contributed by atoms with Gasteiger partial charge in [0.25, 0.3) is 0 Å². The van der Waals surface area contributed by atoms with E-state index in [2.05, 4.69) is 15.4 Å². The Hall–Kier alpha value is -2.37. The molecule has 1 amide bonds. The molecule has 0 aliphatic heterocycles. The number of hydrogen-bond acceptors (Lipinski definition) is 4. The van der Waals surface area contributed by atoms with E-state index in [1.807, 2.05) is 31.3 Å². The summed E-state index contributed by atoms with van der Waals surface area (Å²) in [6.07, 6.45) is 4.09. The van der Waals surface area contributed by atoms with E-state index in [1.165, 1.54) is 0 Å². The summed E-state index contributed by atoms with van der Waals surface area (Å²) >= 11 is 0. The molecule has 1 aromatic heterocycles. The number of rotatable bonds is 5. The average molecular weight is 285 g/mol. The van der Waals surface area contributed by atoms with Crippen molar-refractivity contribution in [2.75, 3.05) is 12.3 Å². The van der Waals surface area contributed by atoms with Crippen LogP contribution in [-0.2, 0) is 23.7 Å². The maximum Gasteiger partial charge on any atom is 0.230 e.